The Labute approximate surface area is 121 Å². The molecule has 0 aromatic heterocycles. The van der Waals surface area contributed by atoms with Crippen molar-refractivity contribution in [3.05, 3.63) is 29.8 Å². The zero-order chi connectivity index (χ0) is 14.6. The summed E-state index contributed by atoms with van der Waals surface area (Å²) in [4.78, 5) is 0. The number of hydrogen-bond donors (Lipinski definition) is 1. The molecule has 1 saturated carbocycles. The molecule has 0 radical (unpaired) electrons. The first-order chi connectivity index (χ1) is 9.61. The molecule has 2 rings (SSSR count). The second-order valence-corrected chi connectivity index (χ2v) is 5.86. The predicted octanol–water partition coefficient (Wildman–Crippen LogP) is 3.71. The van der Waals surface area contributed by atoms with Gasteiger partial charge < -0.3 is 14.6 Å². The first-order valence-electron chi connectivity index (χ1n) is 7.57. The molecule has 112 valence electrons. The van der Waals surface area contributed by atoms with Crippen molar-refractivity contribution in [3.8, 4) is 5.75 Å². The summed E-state index contributed by atoms with van der Waals surface area (Å²) in [6.45, 7) is 4.86. The summed E-state index contributed by atoms with van der Waals surface area (Å²) in [6, 6.07) is 7.72. The van der Waals surface area contributed by atoms with E-state index in [-0.39, 0.29) is 0 Å². The van der Waals surface area contributed by atoms with Gasteiger partial charge in [0.15, 0.2) is 0 Å². The SMILES string of the molecule is CCOc1cccc(C(O)C2(OC)CCC(C)CC2)c1. The second kappa shape index (κ2) is 6.59. The van der Waals surface area contributed by atoms with Crippen molar-refractivity contribution in [3.63, 3.8) is 0 Å². The first kappa shape index (κ1) is 15.3. The maximum atomic E-state index is 10.8. The van der Waals surface area contributed by atoms with Crippen LogP contribution in [0.1, 0.15) is 51.2 Å². The summed E-state index contributed by atoms with van der Waals surface area (Å²) in [6.07, 6.45) is 3.43. The minimum atomic E-state index is -0.597. The van der Waals surface area contributed by atoms with E-state index in [1.807, 2.05) is 31.2 Å². The molecule has 1 aromatic carbocycles. The van der Waals surface area contributed by atoms with E-state index < -0.39 is 11.7 Å². The van der Waals surface area contributed by atoms with Crippen molar-refractivity contribution in [1.29, 1.82) is 0 Å². The average molecular weight is 278 g/mol. The van der Waals surface area contributed by atoms with Crippen LogP contribution in [-0.2, 0) is 4.74 Å². The molecule has 0 bridgehead atoms. The molecule has 20 heavy (non-hydrogen) atoms. The molecule has 1 aliphatic carbocycles. The number of benzene rings is 1. The number of ether oxygens (including phenoxy) is 2. The van der Waals surface area contributed by atoms with Gasteiger partial charge in [0.05, 0.1) is 12.2 Å². The molecule has 0 saturated heterocycles. The van der Waals surface area contributed by atoms with Crippen LogP contribution in [0.3, 0.4) is 0 Å². The third-order valence-electron chi connectivity index (χ3n) is 4.51. The molecule has 1 aromatic rings. The zero-order valence-corrected chi connectivity index (χ0v) is 12.8. The van der Waals surface area contributed by atoms with Crippen LogP contribution in [0, 0.1) is 5.92 Å². The Morgan fingerprint density at radius 3 is 2.65 bits per heavy atom. The fourth-order valence-corrected chi connectivity index (χ4v) is 3.08. The topological polar surface area (TPSA) is 38.7 Å². The van der Waals surface area contributed by atoms with Gasteiger partial charge in [-0.05, 0) is 56.2 Å². The highest BCUT2D eigenvalue weighted by molar-refractivity contribution is 5.31. The Kier molecular flexibility index (Phi) is 5.06. The summed E-state index contributed by atoms with van der Waals surface area (Å²) in [7, 11) is 1.71. The van der Waals surface area contributed by atoms with E-state index in [0.717, 1.165) is 42.9 Å². The van der Waals surface area contributed by atoms with Gasteiger partial charge in [0.2, 0.25) is 0 Å². The molecule has 1 fully saturated rings. The van der Waals surface area contributed by atoms with Gasteiger partial charge in [0, 0.05) is 7.11 Å². The minimum Gasteiger partial charge on any atom is -0.494 e. The van der Waals surface area contributed by atoms with Gasteiger partial charge in [-0.3, -0.25) is 0 Å². The van der Waals surface area contributed by atoms with Gasteiger partial charge in [0.25, 0.3) is 0 Å². The van der Waals surface area contributed by atoms with Crippen molar-refractivity contribution in [2.24, 2.45) is 5.92 Å². The molecule has 1 atom stereocenters. The Hall–Kier alpha value is -1.06. The first-order valence-corrected chi connectivity index (χ1v) is 7.57. The quantitative estimate of drug-likeness (QED) is 0.892. The monoisotopic (exact) mass is 278 g/mol. The number of aliphatic hydroxyl groups is 1. The third-order valence-corrected chi connectivity index (χ3v) is 4.51. The highest BCUT2D eigenvalue weighted by Crippen LogP contribution is 2.43. The van der Waals surface area contributed by atoms with Crippen molar-refractivity contribution in [1.82, 2.24) is 0 Å². The Morgan fingerprint density at radius 1 is 1.35 bits per heavy atom. The summed E-state index contributed by atoms with van der Waals surface area (Å²) < 4.78 is 11.3. The molecule has 0 spiro atoms. The van der Waals surface area contributed by atoms with Crippen LogP contribution in [0.15, 0.2) is 24.3 Å². The number of methoxy groups -OCH3 is 1. The lowest BCUT2D eigenvalue weighted by Gasteiger charge is -2.41. The summed E-state index contributed by atoms with van der Waals surface area (Å²) >= 11 is 0. The molecule has 1 aliphatic rings. The predicted molar refractivity (Wildman–Crippen MR) is 79.9 cm³/mol. The van der Waals surface area contributed by atoms with E-state index in [4.69, 9.17) is 9.47 Å². The van der Waals surface area contributed by atoms with Gasteiger partial charge in [-0.1, -0.05) is 19.1 Å². The van der Waals surface area contributed by atoms with Crippen LogP contribution >= 0.6 is 0 Å². The van der Waals surface area contributed by atoms with E-state index in [2.05, 4.69) is 6.92 Å². The molecule has 1 unspecified atom stereocenters. The maximum Gasteiger partial charge on any atom is 0.119 e. The average Bonchev–Trinajstić information content (AvgIpc) is 2.48. The second-order valence-electron chi connectivity index (χ2n) is 5.86. The summed E-state index contributed by atoms with van der Waals surface area (Å²) in [5.74, 6) is 1.53. The van der Waals surface area contributed by atoms with Crippen LogP contribution in [0.25, 0.3) is 0 Å². The summed E-state index contributed by atoms with van der Waals surface area (Å²) in [5, 5.41) is 10.8. The molecule has 3 nitrogen and oxygen atoms in total. The Balaban J connectivity index is 2.19. The van der Waals surface area contributed by atoms with Crippen molar-refractivity contribution in [2.75, 3.05) is 13.7 Å². The lowest BCUT2D eigenvalue weighted by atomic mass is 9.74. The smallest absolute Gasteiger partial charge is 0.119 e. The van der Waals surface area contributed by atoms with E-state index in [1.165, 1.54) is 0 Å². The summed E-state index contributed by atoms with van der Waals surface area (Å²) in [5.41, 5.74) is 0.435. The standard InChI is InChI=1S/C17H26O3/c1-4-20-15-7-5-6-14(12-15)16(18)17(19-3)10-8-13(2)9-11-17/h5-7,12-13,16,18H,4,8-11H2,1-3H3. The van der Waals surface area contributed by atoms with E-state index >= 15 is 0 Å². The largest absolute Gasteiger partial charge is 0.494 e. The third kappa shape index (κ3) is 3.15. The van der Waals surface area contributed by atoms with Crippen LogP contribution in [0.4, 0.5) is 0 Å². The van der Waals surface area contributed by atoms with E-state index in [1.54, 1.807) is 7.11 Å². The van der Waals surface area contributed by atoms with E-state index in [9.17, 15) is 5.11 Å². The van der Waals surface area contributed by atoms with Crippen molar-refractivity contribution >= 4 is 0 Å². The van der Waals surface area contributed by atoms with Crippen molar-refractivity contribution < 1.29 is 14.6 Å². The van der Waals surface area contributed by atoms with Gasteiger partial charge in [-0.2, -0.15) is 0 Å². The normalized spacial score (nSPS) is 28.1. The van der Waals surface area contributed by atoms with E-state index in [0.29, 0.717) is 6.61 Å². The number of hydrogen-bond acceptors (Lipinski definition) is 3. The molecule has 3 heteroatoms. The van der Waals surface area contributed by atoms with Gasteiger partial charge in [-0.15, -0.1) is 0 Å². The van der Waals surface area contributed by atoms with Crippen LogP contribution in [0.2, 0.25) is 0 Å². The van der Waals surface area contributed by atoms with Crippen LogP contribution in [0.5, 0.6) is 5.75 Å². The zero-order valence-electron chi connectivity index (χ0n) is 12.8. The van der Waals surface area contributed by atoms with Gasteiger partial charge in [0.1, 0.15) is 11.9 Å². The van der Waals surface area contributed by atoms with Crippen molar-refractivity contribution in [2.45, 2.75) is 51.2 Å². The number of aliphatic hydroxyl groups excluding tert-OH is 1. The minimum absolute atomic E-state index is 0.447. The molecule has 0 aliphatic heterocycles. The van der Waals surface area contributed by atoms with Gasteiger partial charge in [-0.25, -0.2) is 0 Å². The maximum absolute atomic E-state index is 10.8. The lowest BCUT2D eigenvalue weighted by molar-refractivity contribution is -0.130. The van der Waals surface area contributed by atoms with Gasteiger partial charge >= 0.3 is 0 Å². The molecule has 0 heterocycles. The fourth-order valence-electron chi connectivity index (χ4n) is 3.08. The van der Waals surface area contributed by atoms with Crippen LogP contribution in [-0.4, -0.2) is 24.4 Å². The van der Waals surface area contributed by atoms with Crippen LogP contribution < -0.4 is 4.74 Å². The molecule has 1 N–H and O–H groups in total. The Bertz CT molecular complexity index is 422. The Morgan fingerprint density at radius 2 is 2.05 bits per heavy atom. The molecular formula is C17H26O3. The molecule has 0 amide bonds. The highest BCUT2D eigenvalue weighted by atomic mass is 16.5. The number of rotatable bonds is 5. The fraction of sp³-hybridized carbons (Fsp3) is 0.647. The molecular weight excluding hydrogens is 252 g/mol. The lowest BCUT2D eigenvalue weighted by Crippen LogP contribution is -2.41. The highest BCUT2D eigenvalue weighted by Gasteiger charge is 2.41.